The molecule has 390 valence electrons. The molecule has 84 heavy (non-hydrogen) atoms. The molecule has 0 aliphatic rings. The van der Waals surface area contributed by atoms with E-state index in [4.69, 9.17) is 0 Å². The van der Waals surface area contributed by atoms with Crippen LogP contribution >= 0.6 is 0 Å². The Morgan fingerprint density at radius 2 is 0.464 bits per heavy atom. The molecule has 0 bridgehead atoms. The van der Waals surface area contributed by atoms with Gasteiger partial charge in [0.25, 0.3) is 0 Å². The van der Waals surface area contributed by atoms with Gasteiger partial charge in [-0.15, -0.1) is 0 Å². The predicted octanol–water partition coefficient (Wildman–Crippen LogP) is 23.5. The minimum atomic E-state index is 1.07. The number of hydrogen-bond acceptors (Lipinski definition) is 2. The van der Waals surface area contributed by atoms with Crippen molar-refractivity contribution in [1.29, 1.82) is 0 Å². The van der Waals surface area contributed by atoms with E-state index in [1.165, 1.54) is 130 Å². The summed E-state index contributed by atoms with van der Waals surface area (Å²) in [7, 11) is 0. The summed E-state index contributed by atoms with van der Waals surface area (Å²) in [4.78, 5) is 4.97. The zero-order chi connectivity index (χ0) is 55.2. The lowest BCUT2D eigenvalue weighted by Gasteiger charge is -2.29. The molecule has 0 fully saturated rings. The summed E-state index contributed by atoms with van der Waals surface area (Å²) in [6.45, 7) is 0. The molecule has 2 nitrogen and oxygen atoms in total. The van der Waals surface area contributed by atoms with E-state index in [-0.39, 0.29) is 0 Å². The zero-order valence-corrected chi connectivity index (χ0v) is 45.9. The van der Waals surface area contributed by atoms with Gasteiger partial charge in [-0.3, -0.25) is 0 Å². The standard InChI is InChI=1S/C82H52N2/c1-3-23-57-47-61(41-39-53(57)19-1)83(79-37-17-27-55-21-5-11-31-67(55)79)63-43-45-73-77(51-63)81(75-49-59-25-7-9-29-65(59)69-33-13-15-35-71(69)75)74-46-44-64(52-78(74)82(73)76-50-60-26-8-10-30-66(60)70-34-14-16-36-72(70)76)84(62-42-40-54-20-2-4-24-58(54)48-62)80-38-18-28-56-22-6-12-32-68(56)80/h1-52H. The third kappa shape index (κ3) is 7.65. The molecule has 0 atom stereocenters. The van der Waals surface area contributed by atoms with Crippen molar-refractivity contribution in [2.24, 2.45) is 0 Å². The molecule has 0 aliphatic heterocycles. The van der Waals surface area contributed by atoms with Crippen molar-refractivity contribution in [3.63, 3.8) is 0 Å². The van der Waals surface area contributed by atoms with Gasteiger partial charge in [0.15, 0.2) is 0 Å². The predicted molar refractivity (Wildman–Crippen MR) is 362 cm³/mol. The summed E-state index contributed by atoms with van der Waals surface area (Å²) >= 11 is 0. The highest BCUT2D eigenvalue weighted by Gasteiger charge is 2.26. The molecule has 0 spiro atoms. The fourth-order valence-corrected chi connectivity index (χ4v) is 13.9. The molecule has 0 radical (unpaired) electrons. The summed E-state index contributed by atoms with van der Waals surface area (Å²) < 4.78 is 0. The van der Waals surface area contributed by atoms with Crippen molar-refractivity contribution in [3.05, 3.63) is 315 Å². The summed E-state index contributed by atoms with van der Waals surface area (Å²) in [5, 5.41) is 24.0. The lowest BCUT2D eigenvalue weighted by molar-refractivity contribution is 1.31. The van der Waals surface area contributed by atoms with Crippen LogP contribution in [0.5, 0.6) is 0 Å². The van der Waals surface area contributed by atoms with Gasteiger partial charge < -0.3 is 9.80 Å². The minimum Gasteiger partial charge on any atom is -0.310 e. The topological polar surface area (TPSA) is 6.48 Å². The smallest absolute Gasteiger partial charge is 0.0540 e. The maximum atomic E-state index is 2.50. The molecule has 17 aromatic carbocycles. The van der Waals surface area contributed by atoms with Gasteiger partial charge in [-0.2, -0.15) is 0 Å². The summed E-state index contributed by atoms with van der Waals surface area (Å²) in [6, 6.07) is 118. The van der Waals surface area contributed by atoms with E-state index in [1.807, 2.05) is 0 Å². The molecule has 0 saturated carbocycles. The SMILES string of the molecule is c1ccc2cc(N(c3ccc4c(-c5cc6ccccc6c6ccccc56)c5cc(N(c6ccc7ccccc7c6)c6cccc7ccccc67)ccc5c(-c5cc6ccccc6c6ccccc56)c4c3)c3cccc4ccccc34)ccc2c1. The Bertz CT molecular complexity index is 5190. The highest BCUT2D eigenvalue weighted by Crippen LogP contribution is 2.53. The van der Waals surface area contributed by atoms with Crippen LogP contribution in [0.4, 0.5) is 34.1 Å². The Morgan fingerprint density at radius 1 is 0.155 bits per heavy atom. The van der Waals surface area contributed by atoms with Gasteiger partial charge in [0.2, 0.25) is 0 Å². The van der Waals surface area contributed by atoms with Crippen molar-refractivity contribution in [3.8, 4) is 22.3 Å². The molecule has 2 heteroatoms. The number of benzene rings is 17. The number of hydrogen-bond donors (Lipinski definition) is 0. The Hall–Kier alpha value is -11.1. The summed E-state index contributed by atoms with van der Waals surface area (Å²) in [5.74, 6) is 0. The molecule has 0 saturated heterocycles. The highest BCUT2D eigenvalue weighted by atomic mass is 15.1. The van der Waals surface area contributed by atoms with Gasteiger partial charge >= 0.3 is 0 Å². The first kappa shape index (κ1) is 47.7. The first-order chi connectivity index (χ1) is 41.7. The molecule has 0 aliphatic carbocycles. The molecule has 0 heterocycles. The van der Waals surface area contributed by atoms with E-state index in [1.54, 1.807) is 0 Å². The molecule has 17 rings (SSSR count). The summed E-state index contributed by atoms with van der Waals surface area (Å²) in [6.07, 6.45) is 0. The van der Waals surface area contributed by atoms with Crippen LogP contribution in [0.25, 0.3) is 130 Å². The Labute approximate surface area is 486 Å². The summed E-state index contributed by atoms with van der Waals surface area (Å²) in [5.41, 5.74) is 11.4. The second-order valence-corrected chi connectivity index (χ2v) is 22.3. The second-order valence-electron chi connectivity index (χ2n) is 22.3. The molecule has 0 amide bonds. The van der Waals surface area contributed by atoms with E-state index < -0.39 is 0 Å². The van der Waals surface area contributed by atoms with Gasteiger partial charge in [0, 0.05) is 33.5 Å². The first-order valence-electron chi connectivity index (χ1n) is 29.1. The van der Waals surface area contributed by atoms with Crippen LogP contribution in [0, 0.1) is 0 Å². The minimum absolute atomic E-state index is 1.07. The zero-order valence-electron chi connectivity index (χ0n) is 45.9. The Morgan fingerprint density at radius 3 is 0.893 bits per heavy atom. The van der Waals surface area contributed by atoms with Crippen LogP contribution in [-0.4, -0.2) is 0 Å². The van der Waals surface area contributed by atoms with E-state index in [2.05, 4.69) is 325 Å². The lowest BCUT2D eigenvalue weighted by Crippen LogP contribution is -2.11. The van der Waals surface area contributed by atoms with Crippen molar-refractivity contribution in [2.45, 2.75) is 0 Å². The third-order valence-electron chi connectivity index (χ3n) is 17.7. The quantitative estimate of drug-likeness (QED) is 0.111. The third-order valence-corrected chi connectivity index (χ3v) is 17.7. The molecule has 17 aromatic rings. The molecular formula is C82H52N2. The maximum Gasteiger partial charge on any atom is 0.0540 e. The average molecular weight is 1070 g/mol. The Kier molecular flexibility index (Phi) is 11.0. The fourth-order valence-electron chi connectivity index (χ4n) is 13.9. The van der Waals surface area contributed by atoms with Crippen LogP contribution in [0.2, 0.25) is 0 Å². The fraction of sp³-hybridized carbons (Fsp3) is 0. The van der Waals surface area contributed by atoms with Crippen LogP contribution in [-0.2, 0) is 0 Å². The van der Waals surface area contributed by atoms with Crippen molar-refractivity contribution < 1.29 is 0 Å². The van der Waals surface area contributed by atoms with E-state index in [9.17, 15) is 0 Å². The van der Waals surface area contributed by atoms with E-state index >= 15 is 0 Å². The van der Waals surface area contributed by atoms with Crippen LogP contribution in [0.3, 0.4) is 0 Å². The van der Waals surface area contributed by atoms with Gasteiger partial charge in [0.05, 0.1) is 11.4 Å². The largest absolute Gasteiger partial charge is 0.310 e. The van der Waals surface area contributed by atoms with Crippen LogP contribution < -0.4 is 9.80 Å². The van der Waals surface area contributed by atoms with E-state index in [0.717, 1.165) is 34.1 Å². The van der Waals surface area contributed by atoms with Gasteiger partial charge in [-0.1, -0.05) is 243 Å². The number of fused-ring (bicyclic) bond motifs is 12. The van der Waals surface area contributed by atoms with Gasteiger partial charge in [-0.25, -0.2) is 0 Å². The Balaban J connectivity index is 1.05. The molecule has 0 unspecified atom stereocenters. The van der Waals surface area contributed by atoms with Crippen LogP contribution in [0.1, 0.15) is 0 Å². The lowest BCUT2D eigenvalue weighted by atomic mass is 9.82. The van der Waals surface area contributed by atoms with Crippen molar-refractivity contribution in [2.75, 3.05) is 9.80 Å². The normalized spacial score (nSPS) is 11.8. The first-order valence-corrected chi connectivity index (χ1v) is 29.1. The monoisotopic (exact) mass is 1060 g/mol. The highest BCUT2D eigenvalue weighted by molar-refractivity contribution is 6.29. The second kappa shape index (κ2) is 19.3. The molecular weight excluding hydrogens is 1010 g/mol. The van der Waals surface area contributed by atoms with Gasteiger partial charge in [0.1, 0.15) is 0 Å². The molecule has 0 aromatic heterocycles. The van der Waals surface area contributed by atoms with Crippen molar-refractivity contribution in [1.82, 2.24) is 0 Å². The van der Waals surface area contributed by atoms with E-state index in [0.29, 0.717) is 0 Å². The van der Waals surface area contributed by atoms with Gasteiger partial charge in [-0.05, 0) is 192 Å². The van der Waals surface area contributed by atoms with Crippen molar-refractivity contribution >= 4 is 142 Å². The molecule has 0 N–H and O–H groups in total. The number of rotatable bonds is 8. The van der Waals surface area contributed by atoms with Crippen LogP contribution in [0.15, 0.2) is 315 Å². The number of nitrogens with zero attached hydrogens (tertiary/aromatic N) is 2. The number of anilines is 6. The maximum absolute atomic E-state index is 2.50. The average Bonchev–Trinajstić information content (AvgIpc) is 0.953.